The summed E-state index contributed by atoms with van der Waals surface area (Å²) < 4.78 is 13.1. The van der Waals surface area contributed by atoms with E-state index in [2.05, 4.69) is 38.9 Å². The number of hydrogen-bond acceptors (Lipinski definition) is 6. The Morgan fingerprint density at radius 2 is 2.10 bits per heavy atom. The normalized spacial score (nSPS) is 16.6. The number of carbonyl (C=O) groups is 1. The fourth-order valence-corrected chi connectivity index (χ4v) is 5.17. The van der Waals surface area contributed by atoms with Crippen molar-refractivity contribution in [3.05, 3.63) is 52.8 Å². The van der Waals surface area contributed by atoms with Gasteiger partial charge in [-0.05, 0) is 63.9 Å². The van der Waals surface area contributed by atoms with Crippen molar-refractivity contribution in [2.24, 2.45) is 5.41 Å². The summed E-state index contributed by atoms with van der Waals surface area (Å²) in [6.07, 6.45) is 4.34. The number of nitrogens with zero attached hydrogens (tertiary/aromatic N) is 3. The molecule has 0 saturated carbocycles. The topological polar surface area (TPSA) is 56.1 Å². The van der Waals surface area contributed by atoms with Crippen molar-refractivity contribution in [2.45, 2.75) is 39.7 Å². The van der Waals surface area contributed by atoms with Gasteiger partial charge in [-0.1, -0.05) is 12.1 Å². The van der Waals surface area contributed by atoms with E-state index in [1.54, 1.807) is 18.4 Å². The first-order chi connectivity index (χ1) is 14.5. The van der Waals surface area contributed by atoms with Crippen LogP contribution in [0.1, 0.15) is 36.7 Å². The van der Waals surface area contributed by atoms with E-state index in [4.69, 9.17) is 9.47 Å². The minimum absolute atomic E-state index is 0.0757. The Labute approximate surface area is 181 Å². The first-order valence-corrected chi connectivity index (χ1v) is 11.4. The van der Waals surface area contributed by atoms with Gasteiger partial charge in [0.1, 0.15) is 5.75 Å². The number of likely N-dealkylation sites (tertiary alicyclic amines) is 1. The maximum absolute atomic E-state index is 13.0. The number of methoxy groups -OCH3 is 1. The smallest absolute Gasteiger partial charge is 0.312 e. The Morgan fingerprint density at radius 3 is 2.83 bits per heavy atom. The van der Waals surface area contributed by atoms with Crippen LogP contribution in [-0.4, -0.2) is 47.1 Å². The zero-order valence-electron chi connectivity index (χ0n) is 17.9. The highest BCUT2D eigenvalue weighted by atomic mass is 32.1. The lowest BCUT2D eigenvalue weighted by atomic mass is 9.73. The Kier molecular flexibility index (Phi) is 6.11. The SMILES string of the molecule is CCOC(=O)C1(Cc2cccc(OC)c2)CCN(Cc2c(C)nc3sccn23)CC1. The third kappa shape index (κ3) is 4.09. The Balaban J connectivity index is 1.50. The molecule has 0 amide bonds. The van der Waals surface area contributed by atoms with Gasteiger partial charge < -0.3 is 9.47 Å². The van der Waals surface area contributed by atoms with Crippen LogP contribution in [0, 0.1) is 12.3 Å². The van der Waals surface area contributed by atoms with Crippen molar-refractivity contribution < 1.29 is 14.3 Å². The number of aromatic nitrogens is 2. The molecule has 0 radical (unpaired) electrons. The van der Waals surface area contributed by atoms with Crippen LogP contribution in [0.2, 0.25) is 0 Å². The molecule has 0 unspecified atom stereocenters. The van der Waals surface area contributed by atoms with Crippen molar-refractivity contribution >= 4 is 22.3 Å². The minimum Gasteiger partial charge on any atom is -0.497 e. The zero-order chi connectivity index (χ0) is 21.1. The van der Waals surface area contributed by atoms with Crippen LogP contribution in [0.4, 0.5) is 0 Å². The molecule has 1 saturated heterocycles. The van der Waals surface area contributed by atoms with E-state index in [1.807, 2.05) is 25.1 Å². The molecule has 1 fully saturated rings. The number of esters is 1. The Bertz CT molecular complexity index is 1020. The summed E-state index contributed by atoms with van der Waals surface area (Å²) in [6.45, 7) is 6.93. The van der Waals surface area contributed by atoms with Gasteiger partial charge in [0, 0.05) is 18.1 Å². The maximum atomic E-state index is 13.0. The molecule has 7 heteroatoms. The molecule has 160 valence electrons. The van der Waals surface area contributed by atoms with Gasteiger partial charge in [0.05, 0.1) is 30.5 Å². The van der Waals surface area contributed by atoms with Crippen LogP contribution in [0.25, 0.3) is 4.96 Å². The highest BCUT2D eigenvalue weighted by Crippen LogP contribution is 2.38. The first kappa shape index (κ1) is 20.9. The summed E-state index contributed by atoms with van der Waals surface area (Å²) in [5, 5.41) is 2.07. The monoisotopic (exact) mass is 427 g/mol. The molecule has 2 aromatic heterocycles. The number of carbonyl (C=O) groups excluding carboxylic acids is 1. The molecule has 6 nitrogen and oxygen atoms in total. The standard InChI is InChI=1S/C23H29N3O3S/c1-4-29-21(27)23(15-18-6-5-7-19(14-18)28-3)8-10-25(11-9-23)16-20-17(2)24-22-26(20)12-13-30-22/h5-7,12-14H,4,8-11,15-16H2,1-3H3. The van der Waals surface area contributed by atoms with Gasteiger partial charge in [-0.25, -0.2) is 4.98 Å². The lowest BCUT2D eigenvalue weighted by Crippen LogP contribution is -2.46. The third-order valence-corrected chi connectivity index (χ3v) is 6.89. The molecule has 1 aliphatic rings. The quantitative estimate of drug-likeness (QED) is 0.532. The van der Waals surface area contributed by atoms with E-state index in [0.717, 1.165) is 54.4 Å². The molecular weight excluding hydrogens is 398 g/mol. The Hall–Kier alpha value is -2.38. The average molecular weight is 428 g/mol. The third-order valence-electron chi connectivity index (χ3n) is 6.13. The lowest BCUT2D eigenvalue weighted by Gasteiger charge is -2.40. The number of aryl methyl sites for hydroxylation is 1. The number of imidazole rings is 1. The number of hydrogen-bond donors (Lipinski definition) is 0. The molecule has 0 N–H and O–H groups in total. The molecule has 1 aromatic carbocycles. The van der Waals surface area contributed by atoms with Gasteiger partial charge in [-0.3, -0.25) is 14.1 Å². The summed E-state index contributed by atoms with van der Waals surface area (Å²) >= 11 is 1.66. The molecule has 0 atom stereocenters. The number of rotatable bonds is 7. The van der Waals surface area contributed by atoms with Gasteiger partial charge >= 0.3 is 5.97 Å². The van der Waals surface area contributed by atoms with Crippen molar-refractivity contribution in [1.29, 1.82) is 0 Å². The van der Waals surface area contributed by atoms with Gasteiger partial charge in [0.25, 0.3) is 0 Å². The van der Waals surface area contributed by atoms with Gasteiger partial charge in [0.2, 0.25) is 0 Å². The summed E-state index contributed by atoms with van der Waals surface area (Å²) in [7, 11) is 1.67. The lowest BCUT2D eigenvalue weighted by molar-refractivity contribution is -0.158. The van der Waals surface area contributed by atoms with E-state index in [-0.39, 0.29) is 5.97 Å². The summed E-state index contributed by atoms with van der Waals surface area (Å²) in [5.74, 6) is 0.744. The molecule has 0 aliphatic carbocycles. The predicted molar refractivity (Wildman–Crippen MR) is 118 cm³/mol. The van der Waals surface area contributed by atoms with Crippen LogP contribution in [0.3, 0.4) is 0 Å². The van der Waals surface area contributed by atoms with Crippen molar-refractivity contribution in [3.8, 4) is 5.75 Å². The molecule has 30 heavy (non-hydrogen) atoms. The van der Waals surface area contributed by atoms with Crippen molar-refractivity contribution in [3.63, 3.8) is 0 Å². The molecule has 4 rings (SSSR count). The summed E-state index contributed by atoms with van der Waals surface area (Å²) in [5.41, 5.74) is 2.95. The number of benzene rings is 1. The zero-order valence-corrected chi connectivity index (χ0v) is 18.7. The first-order valence-electron chi connectivity index (χ1n) is 10.5. The minimum atomic E-state index is -0.483. The second kappa shape index (κ2) is 8.78. The van der Waals surface area contributed by atoms with E-state index in [0.29, 0.717) is 13.0 Å². The van der Waals surface area contributed by atoms with Gasteiger partial charge in [0.15, 0.2) is 4.96 Å². The highest BCUT2D eigenvalue weighted by molar-refractivity contribution is 7.15. The molecule has 3 heterocycles. The molecule has 3 aromatic rings. The van der Waals surface area contributed by atoms with E-state index in [1.165, 1.54) is 5.69 Å². The number of piperidine rings is 1. The van der Waals surface area contributed by atoms with E-state index >= 15 is 0 Å². The van der Waals surface area contributed by atoms with Crippen molar-refractivity contribution in [1.82, 2.24) is 14.3 Å². The molecule has 0 bridgehead atoms. The van der Waals surface area contributed by atoms with Crippen LogP contribution in [0.15, 0.2) is 35.8 Å². The predicted octanol–water partition coefficient (Wildman–Crippen LogP) is 4.10. The molecule has 1 aliphatic heterocycles. The fraction of sp³-hybridized carbons (Fsp3) is 0.478. The van der Waals surface area contributed by atoms with Crippen molar-refractivity contribution in [2.75, 3.05) is 26.8 Å². The summed E-state index contributed by atoms with van der Waals surface area (Å²) in [6, 6.07) is 8.01. The van der Waals surface area contributed by atoms with Gasteiger partial charge in [-0.2, -0.15) is 0 Å². The molecule has 0 spiro atoms. The van der Waals surface area contributed by atoms with Gasteiger partial charge in [-0.15, -0.1) is 11.3 Å². The number of fused-ring (bicyclic) bond motifs is 1. The average Bonchev–Trinajstić information content (AvgIpc) is 3.32. The second-order valence-corrected chi connectivity index (χ2v) is 8.88. The molecular formula is C23H29N3O3S. The number of ether oxygens (including phenoxy) is 2. The fourth-order valence-electron chi connectivity index (χ4n) is 4.39. The van der Waals surface area contributed by atoms with Crippen LogP contribution >= 0.6 is 11.3 Å². The van der Waals surface area contributed by atoms with Crippen LogP contribution in [-0.2, 0) is 22.5 Å². The van der Waals surface area contributed by atoms with E-state index in [9.17, 15) is 4.79 Å². The van der Waals surface area contributed by atoms with E-state index < -0.39 is 5.41 Å². The van der Waals surface area contributed by atoms with Crippen LogP contribution in [0.5, 0.6) is 5.75 Å². The number of thiazole rings is 1. The largest absolute Gasteiger partial charge is 0.497 e. The van der Waals surface area contributed by atoms with Crippen LogP contribution < -0.4 is 4.74 Å². The maximum Gasteiger partial charge on any atom is 0.312 e. The Morgan fingerprint density at radius 1 is 1.30 bits per heavy atom. The summed E-state index contributed by atoms with van der Waals surface area (Å²) in [4.78, 5) is 21.1. The highest BCUT2D eigenvalue weighted by Gasteiger charge is 2.43. The second-order valence-electron chi connectivity index (χ2n) is 8.00.